The molecule has 5 nitrogen and oxygen atoms in total. The summed E-state index contributed by atoms with van der Waals surface area (Å²) in [4.78, 5) is 16.2. The summed E-state index contributed by atoms with van der Waals surface area (Å²) in [5.74, 6) is 1.61. The number of carbonyl (C=O) groups is 1. The lowest BCUT2D eigenvalue weighted by atomic mass is 9.88. The number of ether oxygens (including phenoxy) is 1. The number of benzene rings is 2. The summed E-state index contributed by atoms with van der Waals surface area (Å²) in [6.45, 7) is 7.04. The normalized spacial score (nSPS) is 11.1. The minimum absolute atomic E-state index is 0.180. The molecule has 0 spiro atoms. The fourth-order valence-corrected chi connectivity index (χ4v) is 3.01. The van der Waals surface area contributed by atoms with Gasteiger partial charge in [-0.1, -0.05) is 51.1 Å². The highest BCUT2D eigenvalue weighted by Crippen LogP contribution is 2.30. The van der Waals surface area contributed by atoms with Gasteiger partial charge in [-0.05, 0) is 53.3 Å². The molecular weight excluding hydrogens is 362 g/mol. The van der Waals surface area contributed by atoms with Crippen LogP contribution in [0.3, 0.4) is 0 Å². The quantitative estimate of drug-likeness (QED) is 0.624. The average Bonchev–Trinajstić information content (AvgIpc) is 2.68. The number of rotatable bonds is 6. The first-order valence-electron chi connectivity index (χ1n) is 9.65. The zero-order valence-corrected chi connectivity index (χ0v) is 17.1. The van der Waals surface area contributed by atoms with Gasteiger partial charge in [-0.2, -0.15) is 0 Å². The van der Waals surface area contributed by atoms with Crippen molar-refractivity contribution in [2.75, 3.05) is 5.73 Å². The number of nitrogens with zero attached hydrogens (tertiary/aromatic N) is 1. The predicted octanol–water partition coefficient (Wildman–Crippen LogP) is 4.97. The first-order valence-corrected chi connectivity index (χ1v) is 9.65. The van der Waals surface area contributed by atoms with E-state index >= 15 is 0 Å². The van der Waals surface area contributed by atoms with Crippen molar-refractivity contribution in [2.45, 2.75) is 33.7 Å². The van der Waals surface area contributed by atoms with E-state index in [0.29, 0.717) is 12.1 Å². The Balaban J connectivity index is 1.63. The van der Waals surface area contributed by atoms with E-state index in [1.165, 1.54) is 5.56 Å². The van der Waals surface area contributed by atoms with Crippen LogP contribution in [0.4, 0.5) is 5.82 Å². The number of nitrogens with two attached hydrogens (primary N) is 1. The van der Waals surface area contributed by atoms with Gasteiger partial charge in [-0.3, -0.25) is 4.79 Å². The molecule has 150 valence electrons. The van der Waals surface area contributed by atoms with Gasteiger partial charge in [0.25, 0.3) is 5.91 Å². The zero-order valence-electron chi connectivity index (χ0n) is 17.1. The Labute approximate surface area is 171 Å². The van der Waals surface area contributed by atoms with Crippen LogP contribution < -0.4 is 15.8 Å². The zero-order chi connectivity index (χ0) is 20.9. The molecule has 3 rings (SSSR count). The molecule has 5 heteroatoms. The second-order valence-electron chi connectivity index (χ2n) is 8.21. The first kappa shape index (κ1) is 20.4. The third kappa shape index (κ3) is 5.82. The summed E-state index contributed by atoms with van der Waals surface area (Å²) in [6.07, 6.45) is 2.50. The lowest BCUT2D eigenvalue weighted by Crippen LogP contribution is -2.24. The molecule has 0 saturated heterocycles. The largest absolute Gasteiger partial charge is 0.457 e. The van der Waals surface area contributed by atoms with Gasteiger partial charge in [0.1, 0.15) is 17.3 Å². The van der Waals surface area contributed by atoms with Crippen LogP contribution in [-0.4, -0.2) is 10.9 Å². The Bertz CT molecular complexity index is 976. The van der Waals surface area contributed by atoms with Crippen molar-refractivity contribution >= 4 is 11.7 Å². The molecule has 0 aliphatic heterocycles. The number of anilines is 1. The monoisotopic (exact) mass is 389 g/mol. The number of amides is 1. The average molecular weight is 389 g/mol. The van der Waals surface area contributed by atoms with Crippen LogP contribution in [0.2, 0.25) is 0 Å². The third-order valence-electron chi connectivity index (χ3n) is 4.38. The minimum Gasteiger partial charge on any atom is -0.457 e. The van der Waals surface area contributed by atoms with Crippen LogP contribution in [0.15, 0.2) is 66.9 Å². The van der Waals surface area contributed by atoms with Crippen LogP contribution >= 0.6 is 0 Å². The molecular formula is C24H27N3O2. The van der Waals surface area contributed by atoms with Crippen LogP contribution in [0, 0.1) is 5.41 Å². The number of pyridine rings is 1. The second kappa shape index (κ2) is 8.78. The molecule has 1 amide bonds. The summed E-state index contributed by atoms with van der Waals surface area (Å²) in [5.41, 5.74) is 8.46. The van der Waals surface area contributed by atoms with Crippen molar-refractivity contribution < 1.29 is 9.53 Å². The van der Waals surface area contributed by atoms with Gasteiger partial charge in [-0.25, -0.2) is 4.98 Å². The van der Waals surface area contributed by atoms with E-state index in [4.69, 9.17) is 10.5 Å². The molecule has 0 unspecified atom stereocenters. The maximum Gasteiger partial charge on any atom is 0.255 e. The lowest BCUT2D eigenvalue weighted by molar-refractivity contribution is 0.0951. The number of para-hydroxylation sites is 1. The topological polar surface area (TPSA) is 77.2 Å². The Morgan fingerprint density at radius 2 is 1.76 bits per heavy atom. The van der Waals surface area contributed by atoms with Crippen LogP contribution in [-0.2, 0) is 13.0 Å². The van der Waals surface area contributed by atoms with Crippen molar-refractivity contribution in [3.8, 4) is 11.5 Å². The van der Waals surface area contributed by atoms with E-state index in [2.05, 4.69) is 37.1 Å². The number of aromatic nitrogens is 1. The van der Waals surface area contributed by atoms with E-state index in [1.54, 1.807) is 18.3 Å². The second-order valence-corrected chi connectivity index (χ2v) is 8.21. The number of nitrogen functional groups attached to an aromatic ring is 1. The molecule has 2 aromatic carbocycles. The highest BCUT2D eigenvalue weighted by molar-refractivity contribution is 5.98. The van der Waals surface area contributed by atoms with E-state index < -0.39 is 0 Å². The molecule has 0 atom stereocenters. The third-order valence-corrected chi connectivity index (χ3v) is 4.38. The summed E-state index contributed by atoms with van der Waals surface area (Å²) in [7, 11) is 0. The summed E-state index contributed by atoms with van der Waals surface area (Å²) in [6, 6.07) is 19.2. The van der Waals surface area contributed by atoms with Gasteiger partial charge in [0.05, 0.1) is 5.56 Å². The van der Waals surface area contributed by atoms with Crippen molar-refractivity contribution in [1.82, 2.24) is 10.3 Å². The molecule has 0 saturated carbocycles. The Kier molecular flexibility index (Phi) is 6.17. The fourth-order valence-electron chi connectivity index (χ4n) is 3.01. The standard InChI is InChI=1S/C24H27N3O2/c1-24(2,3)15-18-7-4-5-9-21(18)29-19-12-10-17(11-13-19)16-27-23(28)20-8-6-14-26-22(20)25/h4-14H,15-16H2,1-3H3,(H2,25,26)(H,27,28). The lowest BCUT2D eigenvalue weighted by Gasteiger charge is -2.20. The number of nitrogens with one attached hydrogen (secondary N) is 1. The van der Waals surface area contributed by atoms with E-state index in [1.807, 2.05) is 42.5 Å². The first-order chi connectivity index (χ1) is 13.8. The number of hydrogen-bond acceptors (Lipinski definition) is 4. The van der Waals surface area contributed by atoms with Crippen molar-refractivity contribution in [1.29, 1.82) is 0 Å². The maximum absolute atomic E-state index is 12.2. The highest BCUT2D eigenvalue weighted by Gasteiger charge is 2.15. The molecule has 0 aliphatic carbocycles. The Morgan fingerprint density at radius 3 is 2.45 bits per heavy atom. The summed E-state index contributed by atoms with van der Waals surface area (Å²) in [5, 5.41) is 2.86. The smallest absolute Gasteiger partial charge is 0.255 e. The number of hydrogen-bond donors (Lipinski definition) is 2. The van der Waals surface area contributed by atoms with E-state index in [-0.39, 0.29) is 17.1 Å². The molecule has 1 heterocycles. The van der Waals surface area contributed by atoms with Gasteiger partial charge in [0.2, 0.25) is 0 Å². The van der Waals surface area contributed by atoms with Crippen molar-refractivity contribution in [2.24, 2.45) is 5.41 Å². The SMILES string of the molecule is CC(C)(C)Cc1ccccc1Oc1ccc(CNC(=O)c2cccnc2N)cc1. The predicted molar refractivity (Wildman–Crippen MR) is 116 cm³/mol. The van der Waals surface area contributed by atoms with E-state index in [0.717, 1.165) is 23.5 Å². The van der Waals surface area contributed by atoms with E-state index in [9.17, 15) is 4.79 Å². The van der Waals surface area contributed by atoms with Gasteiger partial charge < -0.3 is 15.8 Å². The molecule has 0 radical (unpaired) electrons. The maximum atomic E-state index is 12.2. The molecule has 1 aromatic heterocycles. The minimum atomic E-state index is -0.243. The van der Waals surface area contributed by atoms with Crippen molar-refractivity contribution in [3.05, 3.63) is 83.6 Å². The van der Waals surface area contributed by atoms with Crippen molar-refractivity contribution in [3.63, 3.8) is 0 Å². The molecule has 0 fully saturated rings. The molecule has 3 N–H and O–H groups in total. The molecule has 0 aliphatic rings. The number of carbonyl (C=O) groups excluding carboxylic acids is 1. The van der Waals surface area contributed by atoms with Crippen LogP contribution in [0.25, 0.3) is 0 Å². The van der Waals surface area contributed by atoms with Gasteiger partial charge >= 0.3 is 0 Å². The Morgan fingerprint density at radius 1 is 1.03 bits per heavy atom. The summed E-state index contributed by atoms with van der Waals surface area (Å²) < 4.78 is 6.11. The van der Waals surface area contributed by atoms with Gasteiger partial charge in [-0.15, -0.1) is 0 Å². The van der Waals surface area contributed by atoms with Gasteiger partial charge in [0, 0.05) is 12.7 Å². The summed E-state index contributed by atoms with van der Waals surface area (Å²) >= 11 is 0. The van der Waals surface area contributed by atoms with Crippen LogP contribution in [0.1, 0.15) is 42.3 Å². The van der Waals surface area contributed by atoms with Gasteiger partial charge in [0.15, 0.2) is 0 Å². The Hall–Kier alpha value is -3.34. The molecule has 3 aromatic rings. The highest BCUT2D eigenvalue weighted by atomic mass is 16.5. The fraction of sp³-hybridized carbons (Fsp3) is 0.250. The molecule has 29 heavy (non-hydrogen) atoms. The van der Waals surface area contributed by atoms with Crippen LogP contribution in [0.5, 0.6) is 11.5 Å². The molecule has 0 bridgehead atoms.